The van der Waals surface area contributed by atoms with Crippen molar-refractivity contribution in [1.82, 2.24) is 4.90 Å². The molecule has 0 unspecified atom stereocenters. The lowest BCUT2D eigenvalue weighted by molar-refractivity contribution is -0.161. The van der Waals surface area contributed by atoms with Crippen molar-refractivity contribution in [2.75, 3.05) is 6.54 Å². The Labute approximate surface area is 89.3 Å². The minimum Gasteiger partial charge on any atom is -0.329 e. The minimum atomic E-state index is -4.35. The summed E-state index contributed by atoms with van der Waals surface area (Å²) in [4.78, 5) is 11.8. The third-order valence-corrected chi connectivity index (χ3v) is 2.50. The van der Waals surface area contributed by atoms with E-state index in [1.165, 1.54) is 11.3 Å². The van der Waals surface area contributed by atoms with Crippen molar-refractivity contribution in [2.45, 2.75) is 19.6 Å². The zero-order chi connectivity index (χ0) is 11.5. The van der Waals surface area contributed by atoms with Gasteiger partial charge in [-0.15, -0.1) is 0 Å². The van der Waals surface area contributed by atoms with Crippen LogP contribution in [0.3, 0.4) is 0 Å². The first kappa shape index (κ1) is 12.0. The van der Waals surface area contributed by atoms with Gasteiger partial charge in [-0.05, 0) is 22.4 Å². The zero-order valence-corrected chi connectivity index (χ0v) is 8.86. The summed E-state index contributed by atoms with van der Waals surface area (Å²) in [5.41, 5.74) is 0.722. The Morgan fingerprint density at radius 2 is 2.20 bits per heavy atom. The van der Waals surface area contributed by atoms with Gasteiger partial charge in [-0.3, -0.25) is 4.79 Å². The van der Waals surface area contributed by atoms with Crippen LogP contribution in [0.25, 0.3) is 0 Å². The van der Waals surface area contributed by atoms with Crippen LogP contribution in [0.2, 0.25) is 0 Å². The highest BCUT2D eigenvalue weighted by Crippen LogP contribution is 2.18. The predicted molar refractivity (Wildman–Crippen MR) is 51.5 cm³/mol. The molecule has 2 nitrogen and oxygen atoms in total. The summed E-state index contributed by atoms with van der Waals surface area (Å²) >= 11 is 1.39. The highest BCUT2D eigenvalue weighted by Gasteiger charge is 2.31. The number of halogens is 3. The van der Waals surface area contributed by atoms with Gasteiger partial charge in [-0.25, -0.2) is 0 Å². The second-order valence-electron chi connectivity index (χ2n) is 3.12. The molecule has 0 aliphatic heterocycles. The molecule has 0 atom stereocenters. The van der Waals surface area contributed by atoms with E-state index in [0.717, 1.165) is 17.4 Å². The number of hydrogen-bond donors (Lipinski definition) is 0. The molecule has 15 heavy (non-hydrogen) atoms. The third-order valence-electron chi connectivity index (χ3n) is 1.77. The van der Waals surface area contributed by atoms with Crippen LogP contribution in [-0.4, -0.2) is 23.5 Å². The Morgan fingerprint density at radius 1 is 1.53 bits per heavy atom. The summed E-state index contributed by atoms with van der Waals surface area (Å²) in [7, 11) is 0. The van der Waals surface area contributed by atoms with E-state index in [9.17, 15) is 18.0 Å². The molecule has 1 amide bonds. The van der Waals surface area contributed by atoms with E-state index in [-0.39, 0.29) is 6.54 Å². The molecule has 1 rings (SSSR count). The number of carbonyl (C=O) groups is 1. The van der Waals surface area contributed by atoms with Crippen LogP contribution in [-0.2, 0) is 11.3 Å². The topological polar surface area (TPSA) is 20.3 Å². The lowest BCUT2D eigenvalue weighted by atomic mass is 10.3. The number of carbonyl (C=O) groups excluding carboxylic acids is 1. The van der Waals surface area contributed by atoms with Crippen LogP contribution >= 0.6 is 11.3 Å². The zero-order valence-electron chi connectivity index (χ0n) is 8.04. The second kappa shape index (κ2) is 4.65. The lowest BCUT2D eigenvalue weighted by Crippen LogP contribution is -2.36. The van der Waals surface area contributed by atoms with E-state index in [1.807, 2.05) is 0 Å². The Kier molecular flexibility index (Phi) is 3.73. The largest absolute Gasteiger partial charge is 0.406 e. The molecule has 0 fully saturated rings. The Bertz CT molecular complexity index is 321. The van der Waals surface area contributed by atoms with Crippen LogP contribution < -0.4 is 0 Å². The molecule has 0 aliphatic carbocycles. The third kappa shape index (κ3) is 4.33. The molecule has 0 aromatic carbocycles. The van der Waals surface area contributed by atoms with Gasteiger partial charge in [0.15, 0.2) is 0 Å². The van der Waals surface area contributed by atoms with Crippen LogP contribution in [0, 0.1) is 0 Å². The summed E-state index contributed by atoms with van der Waals surface area (Å²) in [5.74, 6) is -0.571. The fraction of sp³-hybridized carbons (Fsp3) is 0.444. The highest BCUT2D eigenvalue weighted by molar-refractivity contribution is 7.07. The number of thiophene rings is 1. The van der Waals surface area contributed by atoms with Crippen LogP contribution in [0.15, 0.2) is 16.8 Å². The molecule has 1 aromatic rings. The van der Waals surface area contributed by atoms with Gasteiger partial charge in [-0.2, -0.15) is 24.5 Å². The van der Waals surface area contributed by atoms with E-state index in [4.69, 9.17) is 0 Å². The summed E-state index contributed by atoms with van der Waals surface area (Å²) in [6, 6.07) is 1.71. The average Bonchev–Trinajstić information content (AvgIpc) is 2.52. The number of hydrogen-bond acceptors (Lipinski definition) is 2. The fourth-order valence-electron chi connectivity index (χ4n) is 1.10. The summed E-state index contributed by atoms with van der Waals surface area (Å²) < 4.78 is 36.3. The molecule has 1 heterocycles. The molecule has 0 radical (unpaired) electrons. The van der Waals surface area contributed by atoms with Crippen molar-refractivity contribution in [3.05, 3.63) is 22.4 Å². The van der Waals surface area contributed by atoms with Crippen LogP contribution in [0.4, 0.5) is 13.2 Å². The van der Waals surface area contributed by atoms with Crippen LogP contribution in [0.1, 0.15) is 12.5 Å². The molecule has 0 N–H and O–H groups in total. The SMILES string of the molecule is CC(=O)N(Cc1ccsc1)CC(F)(F)F. The average molecular weight is 237 g/mol. The molecule has 0 spiro atoms. The van der Waals surface area contributed by atoms with Crippen molar-refractivity contribution >= 4 is 17.2 Å². The number of amides is 1. The standard InChI is InChI=1S/C9H10F3NOS/c1-7(14)13(6-9(10,11)12)4-8-2-3-15-5-8/h2-3,5H,4,6H2,1H3. The Hall–Kier alpha value is -1.04. The number of nitrogens with zero attached hydrogens (tertiary/aromatic N) is 1. The van der Waals surface area contributed by atoms with Crippen molar-refractivity contribution in [1.29, 1.82) is 0 Å². The first-order chi connectivity index (χ1) is 6.88. The van der Waals surface area contributed by atoms with Gasteiger partial charge in [-0.1, -0.05) is 0 Å². The van der Waals surface area contributed by atoms with Crippen molar-refractivity contribution in [3.8, 4) is 0 Å². The van der Waals surface area contributed by atoms with E-state index in [1.54, 1.807) is 16.8 Å². The predicted octanol–water partition coefficient (Wildman–Crippen LogP) is 2.66. The molecule has 0 bridgehead atoms. The van der Waals surface area contributed by atoms with Crippen molar-refractivity contribution < 1.29 is 18.0 Å². The summed E-state index contributed by atoms with van der Waals surface area (Å²) in [6.45, 7) is -0.0470. The van der Waals surface area contributed by atoms with Gasteiger partial charge in [0.1, 0.15) is 6.54 Å². The number of rotatable bonds is 3. The maximum atomic E-state index is 12.1. The quantitative estimate of drug-likeness (QED) is 0.791. The van der Waals surface area contributed by atoms with E-state index in [0.29, 0.717) is 0 Å². The number of alkyl halides is 3. The molecule has 0 aliphatic rings. The van der Waals surface area contributed by atoms with Gasteiger partial charge < -0.3 is 4.90 Å². The van der Waals surface area contributed by atoms with E-state index < -0.39 is 18.6 Å². The Morgan fingerprint density at radius 3 is 2.60 bits per heavy atom. The van der Waals surface area contributed by atoms with Crippen molar-refractivity contribution in [2.24, 2.45) is 0 Å². The molecular weight excluding hydrogens is 227 g/mol. The molecule has 1 aromatic heterocycles. The van der Waals surface area contributed by atoms with Gasteiger partial charge in [0.25, 0.3) is 0 Å². The molecular formula is C9H10F3NOS. The van der Waals surface area contributed by atoms with Crippen LogP contribution in [0.5, 0.6) is 0 Å². The molecule has 84 valence electrons. The molecule has 6 heteroatoms. The molecule has 0 saturated carbocycles. The van der Waals surface area contributed by atoms with Gasteiger partial charge >= 0.3 is 6.18 Å². The van der Waals surface area contributed by atoms with Gasteiger partial charge in [0.2, 0.25) is 5.91 Å². The maximum absolute atomic E-state index is 12.1. The van der Waals surface area contributed by atoms with Gasteiger partial charge in [0.05, 0.1) is 0 Å². The highest BCUT2D eigenvalue weighted by atomic mass is 32.1. The van der Waals surface area contributed by atoms with Gasteiger partial charge in [0, 0.05) is 13.5 Å². The first-order valence-electron chi connectivity index (χ1n) is 4.22. The lowest BCUT2D eigenvalue weighted by Gasteiger charge is -2.21. The first-order valence-corrected chi connectivity index (χ1v) is 5.16. The fourth-order valence-corrected chi connectivity index (χ4v) is 1.76. The Balaban J connectivity index is 2.63. The van der Waals surface area contributed by atoms with E-state index >= 15 is 0 Å². The maximum Gasteiger partial charge on any atom is 0.406 e. The monoisotopic (exact) mass is 237 g/mol. The van der Waals surface area contributed by atoms with Crippen molar-refractivity contribution in [3.63, 3.8) is 0 Å². The smallest absolute Gasteiger partial charge is 0.329 e. The summed E-state index contributed by atoms with van der Waals surface area (Å²) in [6.07, 6.45) is -4.35. The second-order valence-corrected chi connectivity index (χ2v) is 3.90. The normalized spacial score (nSPS) is 11.5. The summed E-state index contributed by atoms with van der Waals surface area (Å²) in [5, 5.41) is 3.49. The minimum absolute atomic E-state index is 0.0122. The van der Waals surface area contributed by atoms with E-state index in [2.05, 4.69) is 0 Å². The molecule has 0 saturated heterocycles.